The molecule has 3 aromatic rings. The Labute approximate surface area is 212 Å². The van der Waals surface area contributed by atoms with E-state index in [1.165, 1.54) is 22.3 Å². The number of aliphatic carboxylic acids is 1. The first-order chi connectivity index (χ1) is 17.6. The molecule has 5 rings (SSSR count). The number of likely N-dealkylation sites (tertiary alicyclic amines) is 1. The SMILES string of the molecule is COc1nc(OCc2cccc(-c3ccccc3)c2C)c2c(c1CN1CCCC[C@H]1C(=O)O)CCC2. The lowest BCUT2D eigenvalue weighted by Gasteiger charge is -2.33. The average molecular weight is 487 g/mol. The first kappa shape index (κ1) is 24.3. The molecular formula is C30H34N2O4. The molecule has 1 aliphatic carbocycles. The van der Waals surface area contributed by atoms with Crippen LogP contribution in [0.4, 0.5) is 0 Å². The van der Waals surface area contributed by atoms with Crippen molar-refractivity contribution in [2.24, 2.45) is 0 Å². The van der Waals surface area contributed by atoms with Gasteiger partial charge in [-0.05, 0) is 73.4 Å². The van der Waals surface area contributed by atoms with Gasteiger partial charge in [0, 0.05) is 17.7 Å². The molecule has 6 nitrogen and oxygen atoms in total. The second-order valence-electron chi connectivity index (χ2n) is 9.78. The minimum absolute atomic E-state index is 0.432. The third kappa shape index (κ3) is 4.82. The monoisotopic (exact) mass is 486 g/mol. The van der Waals surface area contributed by atoms with Crippen molar-refractivity contribution >= 4 is 5.97 Å². The van der Waals surface area contributed by atoms with Crippen LogP contribution in [0.25, 0.3) is 11.1 Å². The fourth-order valence-electron chi connectivity index (χ4n) is 5.70. The summed E-state index contributed by atoms with van der Waals surface area (Å²) in [5.41, 5.74) is 8.12. The Hall–Kier alpha value is -3.38. The molecule has 1 atom stereocenters. The van der Waals surface area contributed by atoms with E-state index in [4.69, 9.17) is 14.5 Å². The van der Waals surface area contributed by atoms with Crippen molar-refractivity contribution in [3.8, 4) is 22.9 Å². The molecule has 0 amide bonds. The van der Waals surface area contributed by atoms with Gasteiger partial charge in [-0.15, -0.1) is 0 Å². The fourth-order valence-corrected chi connectivity index (χ4v) is 5.70. The second-order valence-corrected chi connectivity index (χ2v) is 9.78. The van der Waals surface area contributed by atoms with Gasteiger partial charge in [0.15, 0.2) is 0 Å². The number of ether oxygens (including phenoxy) is 2. The van der Waals surface area contributed by atoms with Crippen LogP contribution in [-0.4, -0.2) is 40.7 Å². The Balaban J connectivity index is 1.41. The van der Waals surface area contributed by atoms with Gasteiger partial charge in [-0.2, -0.15) is 4.98 Å². The number of piperidine rings is 1. The zero-order chi connectivity index (χ0) is 25.1. The summed E-state index contributed by atoms with van der Waals surface area (Å²) in [6.45, 7) is 3.90. The van der Waals surface area contributed by atoms with Crippen molar-refractivity contribution < 1.29 is 19.4 Å². The number of nitrogens with zero attached hydrogens (tertiary/aromatic N) is 2. The first-order valence-corrected chi connectivity index (χ1v) is 12.9. The Morgan fingerprint density at radius 2 is 1.83 bits per heavy atom. The Kier molecular flexibility index (Phi) is 7.23. The molecule has 2 aliphatic rings. The van der Waals surface area contributed by atoms with Gasteiger partial charge < -0.3 is 14.6 Å². The number of methoxy groups -OCH3 is 1. The second kappa shape index (κ2) is 10.7. The maximum atomic E-state index is 11.9. The van der Waals surface area contributed by atoms with Gasteiger partial charge in [-0.25, -0.2) is 0 Å². The molecule has 6 heteroatoms. The van der Waals surface area contributed by atoms with Crippen molar-refractivity contribution in [2.75, 3.05) is 13.7 Å². The number of hydrogen-bond acceptors (Lipinski definition) is 5. The van der Waals surface area contributed by atoms with Crippen LogP contribution in [0.2, 0.25) is 0 Å². The molecule has 188 valence electrons. The highest BCUT2D eigenvalue weighted by molar-refractivity contribution is 5.73. The van der Waals surface area contributed by atoms with Crippen LogP contribution in [0.5, 0.6) is 11.8 Å². The van der Waals surface area contributed by atoms with Gasteiger partial charge >= 0.3 is 5.97 Å². The molecule has 36 heavy (non-hydrogen) atoms. The molecule has 2 aromatic carbocycles. The predicted molar refractivity (Wildman–Crippen MR) is 139 cm³/mol. The predicted octanol–water partition coefficient (Wildman–Crippen LogP) is 5.57. The maximum Gasteiger partial charge on any atom is 0.320 e. The molecule has 1 aromatic heterocycles. The van der Waals surface area contributed by atoms with E-state index in [1.807, 2.05) is 6.07 Å². The first-order valence-electron chi connectivity index (χ1n) is 12.9. The maximum absolute atomic E-state index is 11.9. The fraction of sp³-hybridized carbons (Fsp3) is 0.400. The van der Waals surface area contributed by atoms with Crippen molar-refractivity contribution in [1.29, 1.82) is 0 Å². The smallest absolute Gasteiger partial charge is 0.320 e. The Bertz CT molecular complexity index is 1240. The summed E-state index contributed by atoms with van der Waals surface area (Å²) in [5, 5.41) is 9.74. The number of carbonyl (C=O) groups is 1. The summed E-state index contributed by atoms with van der Waals surface area (Å²) in [4.78, 5) is 18.7. The Morgan fingerprint density at radius 1 is 1.03 bits per heavy atom. The van der Waals surface area contributed by atoms with Crippen molar-refractivity contribution in [2.45, 2.75) is 64.6 Å². The molecule has 1 aliphatic heterocycles. The van der Waals surface area contributed by atoms with Crippen LogP contribution in [0.1, 0.15) is 53.5 Å². The van der Waals surface area contributed by atoms with E-state index >= 15 is 0 Å². The zero-order valence-electron chi connectivity index (χ0n) is 21.1. The third-order valence-corrected chi connectivity index (χ3v) is 7.65. The van der Waals surface area contributed by atoms with Gasteiger partial charge in [0.25, 0.3) is 0 Å². The van der Waals surface area contributed by atoms with E-state index in [-0.39, 0.29) is 0 Å². The molecule has 0 radical (unpaired) electrons. The van der Waals surface area contributed by atoms with E-state index in [2.05, 4.69) is 54.3 Å². The normalized spacial score (nSPS) is 17.6. The number of pyridine rings is 1. The highest BCUT2D eigenvalue weighted by Crippen LogP contribution is 2.38. The van der Waals surface area contributed by atoms with Crippen LogP contribution >= 0.6 is 0 Å². The lowest BCUT2D eigenvalue weighted by molar-refractivity contribution is -0.144. The summed E-state index contributed by atoms with van der Waals surface area (Å²) in [6.07, 6.45) is 5.56. The van der Waals surface area contributed by atoms with Crippen LogP contribution in [0.3, 0.4) is 0 Å². The van der Waals surface area contributed by atoms with Gasteiger partial charge in [-0.3, -0.25) is 9.69 Å². The molecule has 0 unspecified atom stereocenters. The van der Waals surface area contributed by atoms with Crippen LogP contribution in [0.15, 0.2) is 48.5 Å². The van der Waals surface area contributed by atoms with Crippen LogP contribution < -0.4 is 9.47 Å². The standard InChI is InChI=1S/C30H34N2O4/c1-20-22(12-8-13-23(20)21-10-4-3-5-11-21)19-36-29-25-15-9-14-24(25)26(28(31-29)35-2)18-32-17-7-6-16-27(32)30(33)34/h3-5,8,10-13,27H,6-7,9,14-19H2,1-2H3,(H,33,34)/t27-/m0/s1. The van der Waals surface area contributed by atoms with E-state index in [9.17, 15) is 9.90 Å². The minimum atomic E-state index is -0.744. The number of carboxylic acids is 1. The Morgan fingerprint density at radius 3 is 2.61 bits per heavy atom. The van der Waals surface area contributed by atoms with Crippen LogP contribution in [-0.2, 0) is 30.8 Å². The highest BCUT2D eigenvalue weighted by Gasteiger charge is 2.32. The lowest BCUT2D eigenvalue weighted by atomic mass is 9.97. The van der Waals surface area contributed by atoms with E-state index in [0.717, 1.165) is 55.3 Å². The summed E-state index contributed by atoms with van der Waals surface area (Å²) < 4.78 is 12.1. The van der Waals surface area contributed by atoms with Crippen molar-refractivity contribution in [3.63, 3.8) is 0 Å². The van der Waals surface area contributed by atoms with Gasteiger partial charge in [0.1, 0.15) is 12.6 Å². The number of aromatic nitrogens is 1. The third-order valence-electron chi connectivity index (χ3n) is 7.65. The number of benzene rings is 2. The summed E-state index contributed by atoms with van der Waals surface area (Å²) in [7, 11) is 1.63. The highest BCUT2D eigenvalue weighted by atomic mass is 16.5. The molecular weight excluding hydrogens is 452 g/mol. The van der Waals surface area contributed by atoms with E-state index < -0.39 is 12.0 Å². The quantitative estimate of drug-likeness (QED) is 0.449. The molecule has 0 saturated carbocycles. The van der Waals surface area contributed by atoms with Crippen molar-refractivity contribution in [1.82, 2.24) is 9.88 Å². The lowest BCUT2D eigenvalue weighted by Crippen LogP contribution is -2.44. The summed E-state index contributed by atoms with van der Waals surface area (Å²) in [6, 6.07) is 16.3. The molecule has 2 heterocycles. The van der Waals surface area contributed by atoms with E-state index in [1.54, 1.807) is 7.11 Å². The van der Waals surface area contributed by atoms with Crippen molar-refractivity contribution in [3.05, 3.63) is 76.3 Å². The molecule has 0 spiro atoms. The number of fused-ring (bicyclic) bond motifs is 1. The van der Waals surface area contributed by atoms with Crippen LogP contribution in [0, 0.1) is 6.92 Å². The van der Waals surface area contributed by atoms with Gasteiger partial charge in [0.2, 0.25) is 11.8 Å². The van der Waals surface area contributed by atoms with Gasteiger partial charge in [0.05, 0.1) is 7.11 Å². The number of rotatable bonds is 8. The number of carboxylic acid groups (broad SMARTS) is 1. The zero-order valence-corrected chi connectivity index (χ0v) is 21.1. The summed E-state index contributed by atoms with van der Waals surface area (Å²) in [5.74, 6) is 0.447. The van der Waals surface area contributed by atoms with E-state index in [0.29, 0.717) is 31.3 Å². The largest absolute Gasteiger partial charge is 0.481 e. The average Bonchev–Trinajstić information content (AvgIpc) is 3.40. The molecule has 1 saturated heterocycles. The van der Waals surface area contributed by atoms with Gasteiger partial charge in [-0.1, -0.05) is 55.0 Å². The molecule has 1 fully saturated rings. The number of hydrogen-bond donors (Lipinski definition) is 1. The topological polar surface area (TPSA) is 71.9 Å². The minimum Gasteiger partial charge on any atom is -0.481 e. The summed E-state index contributed by atoms with van der Waals surface area (Å²) >= 11 is 0. The molecule has 1 N–H and O–H groups in total. The molecule has 0 bridgehead atoms.